The summed E-state index contributed by atoms with van der Waals surface area (Å²) >= 11 is 0. The Hall–Kier alpha value is -3.72. The predicted molar refractivity (Wildman–Crippen MR) is 122 cm³/mol. The fourth-order valence-corrected chi connectivity index (χ4v) is 4.74. The van der Waals surface area contributed by atoms with Gasteiger partial charge in [-0.15, -0.1) is 5.10 Å². The van der Waals surface area contributed by atoms with E-state index in [2.05, 4.69) is 91.0 Å². The zero-order valence-corrected chi connectivity index (χ0v) is 18.2. The van der Waals surface area contributed by atoms with Gasteiger partial charge < -0.3 is 15.0 Å². The molecule has 156 valence electrons. The van der Waals surface area contributed by atoms with E-state index >= 15 is 0 Å². The fraction of sp³-hybridized carbons (Fsp3) is 0.280. The first kappa shape index (κ1) is 19.3. The number of nitriles is 1. The average Bonchev–Trinajstić information content (AvgIpc) is 3.31. The smallest absolute Gasteiger partial charge is 0.244 e. The molecule has 1 aliphatic heterocycles. The molecule has 0 amide bonds. The standard InChI is InChI=1S/C25H25N5O/c1-5-30-18-9-7-6-8-15(18)16-12-14(10-11-19(16)30)20-17(13-26)23(27)31-24-21(20)22(28-29-24)25(2,3)4/h6-12,20H,5,27H2,1-4H3,(H,28,29)/t20-/m1/s1. The van der Waals surface area contributed by atoms with Gasteiger partial charge in [0.15, 0.2) is 0 Å². The van der Waals surface area contributed by atoms with E-state index in [9.17, 15) is 5.26 Å². The molecule has 6 nitrogen and oxygen atoms in total. The number of aryl methyl sites for hydroxylation is 1. The van der Waals surface area contributed by atoms with Gasteiger partial charge in [0.2, 0.25) is 11.8 Å². The molecular formula is C25H25N5O. The molecule has 0 saturated carbocycles. The summed E-state index contributed by atoms with van der Waals surface area (Å²) in [6.07, 6.45) is 0. The van der Waals surface area contributed by atoms with Crippen LogP contribution in [-0.2, 0) is 12.0 Å². The van der Waals surface area contributed by atoms with Crippen LogP contribution in [0.25, 0.3) is 21.8 Å². The molecule has 1 aliphatic rings. The summed E-state index contributed by atoms with van der Waals surface area (Å²) in [5, 5.41) is 19.8. The topological polar surface area (TPSA) is 92.7 Å². The van der Waals surface area contributed by atoms with Crippen LogP contribution in [0.4, 0.5) is 0 Å². The quantitative estimate of drug-likeness (QED) is 0.482. The Morgan fingerprint density at radius 2 is 1.90 bits per heavy atom. The summed E-state index contributed by atoms with van der Waals surface area (Å²) in [5.41, 5.74) is 11.6. The molecule has 3 heterocycles. The largest absolute Gasteiger partial charge is 0.420 e. The minimum atomic E-state index is -0.338. The third-order valence-corrected chi connectivity index (χ3v) is 6.13. The minimum absolute atomic E-state index is 0.114. The molecule has 0 radical (unpaired) electrons. The normalized spacial score (nSPS) is 16.4. The zero-order chi connectivity index (χ0) is 21.9. The van der Waals surface area contributed by atoms with E-state index < -0.39 is 0 Å². The number of fused-ring (bicyclic) bond motifs is 4. The van der Waals surface area contributed by atoms with Gasteiger partial charge in [0, 0.05) is 39.5 Å². The summed E-state index contributed by atoms with van der Waals surface area (Å²) in [6, 6.07) is 17.2. The highest BCUT2D eigenvalue weighted by Crippen LogP contribution is 2.46. The molecule has 0 unspecified atom stereocenters. The Morgan fingerprint density at radius 1 is 1.16 bits per heavy atom. The van der Waals surface area contributed by atoms with Crippen molar-refractivity contribution in [1.82, 2.24) is 14.8 Å². The second-order valence-corrected chi connectivity index (χ2v) is 9.03. The highest BCUT2D eigenvalue weighted by atomic mass is 16.5. The van der Waals surface area contributed by atoms with Gasteiger partial charge in [-0.05, 0) is 30.7 Å². The number of aromatic nitrogens is 3. The van der Waals surface area contributed by atoms with Gasteiger partial charge in [-0.1, -0.05) is 45.0 Å². The summed E-state index contributed by atoms with van der Waals surface area (Å²) in [5.74, 6) is 0.223. The zero-order valence-electron chi connectivity index (χ0n) is 18.2. The molecular weight excluding hydrogens is 386 g/mol. The fourth-order valence-electron chi connectivity index (χ4n) is 4.74. The molecule has 31 heavy (non-hydrogen) atoms. The van der Waals surface area contributed by atoms with Gasteiger partial charge in [-0.2, -0.15) is 5.26 Å². The number of para-hydroxylation sites is 1. The van der Waals surface area contributed by atoms with Crippen LogP contribution >= 0.6 is 0 Å². The van der Waals surface area contributed by atoms with E-state index in [-0.39, 0.29) is 17.2 Å². The first-order chi connectivity index (χ1) is 14.8. The number of nitrogens with one attached hydrogen (secondary N) is 1. The van der Waals surface area contributed by atoms with E-state index in [1.54, 1.807) is 0 Å². The Labute approximate surface area is 180 Å². The van der Waals surface area contributed by atoms with Gasteiger partial charge in [0.1, 0.15) is 11.6 Å². The predicted octanol–water partition coefficient (Wildman–Crippen LogP) is 5.05. The molecule has 0 bridgehead atoms. The van der Waals surface area contributed by atoms with Crippen LogP contribution in [0, 0.1) is 11.3 Å². The van der Waals surface area contributed by atoms with Crippen LogP contribution in [0.1, 0.15) is 50.4 Å². The Kier molecular flexibility index (Phi) is 4.13. The number of nitrogens with zero attached hydrogens (tertiary/aromatic N) is 3. The van der Waals surface area contributed by atoms with E-state index in [0.717, 1.165) is 23.4 Å². The summed E-state index contributed by atoms with van der Waals surface area (Å²) in [7, 11) is 0. The van der Waals surface area contributed by atoms with Gasteiger partial charge >= 0.3 is 0 Å². The SMILES string of the molecule is CCn1c2ccccc2c2cc([C@@H]3C(C#N)=C(N)Oc4n[nH]c(C(C)(C)C)c43)ccc21. The number of allylic oxidation sites excluding steroid dienone is 1. The van der Waals surface area contributed by atoms with Crippen LogP contribution in [0.2, 0.25) is 0 Å². The van der Waals surface area contributed by atoms with Crippen molar-refractivity contribution in [2.75, 3.05) is 0 Å². The lowest BCUT2D eigenvalue weighted by atomic mass is 9.78. The first-order valence-corrected chi connectivity index (χ1v) is 10.5. The number of aromatic amines is 1. The third kappa shape index (κ3) is 2.73. The van der Waals surface area contributed by atoms with Gasteiger partial charge in [0.05, 0.1) is 11.5 Å². The van der Waals surface area contributed by atoms with E-state index in [0.29, 0.717) is 11.5 Å². The average molecular weight is 412 g/mol. The number of rotatable bonds is 2. The highest BCUT2D eigenvalue weighted by Gasteiger charge is 2.38. The molecule has 0 spiro atoms. The molecule has 2 aromatic carbocycles. The number of hydrogen-bond donors (Lipinski definition) is 2. The molecule has 5 rings (SSSR count). The third-order valence-electron chi connectivity index (χ3n) is 6.13. The molecule has 0 aliphatic carbocycles. The highest BCUT2D eigenvalue weighted by molar-refractivity contribution is 6.08. The van der Waals surface area contributed by atoms with E-state index in [4.69, 9.17) is 10.5 Å². The molecule has 1 atom stereocenters. The first-order valence-electron chi connectivity index (χ1n) is 10.5. The Bertz CT molecular complexity index is 1410. The maximum absolute atomic E-state index is 9.97. The number of hydrogen-bond acceptors (Lipinski definition) is 4. The van der Waals surface area contributed by atoms with Crippen molar-refractivity contribution in [1.29, 1.82) is 5.26 Å². The summed E-state index contributed by atoms with van der Waals surface area (Å²) < 4.78 is 8.05. The van der Waals surface area contributed by atoms with Gasteiger partial charge in [-0.3, -0.25) is 5.10 Å². The number of ether oxygens (including phenoxy) is 1. The number of benzene rings is 2. The van der Waals surface area contributed by atoms with Crippen molar-refractivity contribution in [3.05, 3.63) is 70.7 Å². The second kappa shape index (κ2) is 6.64. The van der Waals surface area contributed by atoms with Crippen molar-refractivity contribution < 1.29 is 4.74 Å². The lowest BCUT2D eigenvalue weighted by Crippen LogP contribution is -2.23. The van der Waals surface area contributed by atoms with Crippen molar-refractivity contribution in [3.63, 3.8) is 0 Å². The number of H-pyrrole nitrogens is 1. The molecule has 6 heteroatoms. The van der Waals surface area contributed by atoms with Gasteiger partial charge in [0.25, 0.3) is 0 Å². The van der Waals surface area contributed by atoms with Crippen LogP contribution in [0.5, 0.6) is 5.88 Å². The van der Waals surface area contributed by atoms with E-state index in [1.165, 1.54) is 21.8 Å². The van der Waals surface area contributed by atoms with Crippen LogP contribution < -0.4 is 10.5 Å². The number of nitrogens with two attached hydrogens (primary N) is 1. The Balaban J connectivity index is 1.81. The minimum Gasteiger partial charge on any atom is -0.420 e. The molecule has 2 aromatic heterocycles. The maximum atomic E-state index is 9.97. The van der Waals surface area contributed by atoms with Crippen molar-refractivity contribution >= 4 is 21.8 Å². The van der Waals surface area contributed by atoms with Gasteiger partial charge in [-0.25, -0.2) is 0 Å². The lowest BCUT2D eigenvalue weighted by Gasteiger charge is -2.27. The van der Waals surface area contributed by atoms with E-state index in [1.807, 2.05) is 0 Å². The molecule has 4 aromatic rings. The van der Waals surface area contributed by atoms with Crippen molar-refractivity contribution in [2.45, 2.75) is 45.6 Å². The maximum Gasteiger partial charge on any atom is 0.244 e. The van der Waals surface area contributed by atoms with Crippen molar-refractivity contribution in [3.8, 4) is 11.9 Å². The monoisotopic (exact) mass is 411 g/mol. The molecule has 0 fully saturated rings. The second-order valence-electron chi connectivity index (χ2n) is 9.03. The lowest BCUT2D eigenvalue weighted by molar-refractivity contribution is 0.378. The van der Waals surface area contributed by atoms with Crippen LogP contribution in [0.15, 0.2) is 53.9 Å². The summed E-state index contributed by atoms with van der Waals surface area (Å²) in [6.45, 7) is 9.39. The van der Waals surface area contributed by atoms with Crippen LogP contribution in [0.3, 0.4) is 0 Å². The van der Waals surface area contributed by atoms with Crippen molar-refractivity contribution in [2.24, 2.45) is 5.73 Å². The summed E-state index contributed by atoms with van der Waals surface area (Å²) in [4.78, 5) is 0. The molecule has 0 saturated heterocycles. The Morgan fingerprint density at radius 3 is 2.61 bits per heavy atom. The van der Waals surface area contributed by atoms with Crippen LogP contribution in [-0.4, -0.2) is 14.8 Å². The molecule has 3 N–H and O–H groups in total.